The van der Waals surface area contributed by atoms with Crippen molar-refractivity contribution in [3.05, 3.63) is 0 Å². The highest BCUT2D eigenvalue weighted by molar-refractivity contribution is 5.88. The van der Waals surface area contributed by atoms with Crippen molar-refractivity contribution in [3.8, 4) is 0 Å². The number of ether oxygens (including phenoxy) is 1. The Labute approximate surface area is 84.0 Å². The number of amides is 1. The number of carbonyl (C=O) groups is 2. The molecule has 0 bridgehead atoms. The molecule has 80 valence electrons. The van der Waals surface area contributed by atoms with E-state index in [4.69, 9.17) is 4.74 Å². The quantitative estimate of drug-likeness (QED) is 0.683. The van der Waals surface area contributed by atoms with Crippen molar-refractivity contribution in [2.45, 2.75) is 39.2 Å². The third kappa shape index (κ3) is 2.47. The van der Waals surface area contributed by atoms with Crippen molar-refractivity contribution < 1.29 is 14.3 Å². The molecule has 0 aliphatic carbocycles. The molecular formula is C10H17NO3. The molecule has 1 aliphatic heterocycles. The molecule has 4 nitrogen and oxygen atoms in total. The lowest BCUT2D eigenvalue weighted by Gasteiger charge is -2.15. The van der Waals surface area contributed by atoms with Crippen LogP contribution in [0, 0.1) is 5.92 Å². The molecule has 1 heterocycles. The maximum absolute atomic E-state index is 11.4. The molecule has 1 N–H and O–H groups in total. The van der Waals surface area contributed by atoms with Gasteiger partial charge in [0.05, 0.1) is 6.61 Å². The Morgan fingerprint density at radius 2 is 2.29 bits per heavy atom. The lowest BCUT2D eigenvalue weighted by Crippen LogP contribution is -2.38. The van der Waals surface area contributed by atoms with Gasteiger partial charge in [-0.15, -0.1) is 0 Å². The summed E-state index contributed by atoms with van der Waals surface area (Å²) >= 11 is 0. The summed E-state index contributed by atoms with van der Waals surface area (Å²) in [5, 5.41) is 2.66. The first-order chi connectivity index (χ1) is 6.69. The summed E-state index contributed by atoms with van der Waals surface area (Å²) in [4.78, 5) is 22.6. The summed E-state index contributed by atoms with van der Waals surface area (Å²) in [7, 11) is 0. The summed E-state index contributed by atoms with van der Waals surface area (Å²) in [6.07, 6.45) is 2.33. The van der Waals surface area contributed by atoms with Gasteiger partial charge in [-0.3, -0.25) is 4.79 Å². The van der Waals surface area contributed by atoms with Crippen molar-refractivity contribution >= 4 is 11.9 Å². The second kappa shape index (κ2) is 4.98. The first-order valence-electron chi connectivity index (χ1n) is 5.15. The van der Waals surface area contributed by atoms with Crippen LogP contribution in [0.15, 0.2) is 0 Å². The molecule has 0 aromatic carbocycles. The number of esters is 1. The van der Waals surface area contributed by atoms with E-state index in [2.05, 4.69) is 5.32 Å². The molecule has 0 radical (unpaired) electrons. The number of carbonyl (C=O) groups excluding carboxylic acids is 2. The fourth-order valence-electron chi connectivity index (χ4n) is 1.83. The molecule has 0 aromatic heterocycles. The largest absolute Gasteiger partial charge is 0.464 e. The fourth-order valence-corrected chi connectivity index (χ4v) is 1.83. The Balaban J connectivity index is 2.56. The molecule has 2 atom stereocenters. The van der Waals surface area contributed by atoms with Crippen LogP contribution in [0.4, 0.5) is 0 Å². The molecule has 0 spiro atoms. The second-order valence-electron chi connectivity index (χ2n) is 3.55. The van der Waals surface area contributed by atoms with Gasteiger partial charge in [-0.1, -0.05) is 13.3 Å². The molecule has 1 fully saturated rings. The minimum atomic E-state index is -0.414. The zero-order chi connectivity index (χ0) is 10.6. The summed E-state index contributed by atoms with van der Waals surface area (Å²) in [6, 6.07) is -0.414. The van der Waals surface area contributed by atoms with Gasteiger partial charge in [-0.05, 0) is 19.3 Å². The Hall–Kier alpha value is -1.06. The maximum atomic E-state index is 11.4. The molecule has 0 saturated carbocycles. The molecular weight excluding hydrogens is 182 g/mol. The molecule has 0 aromatic rings. The van der Waals surface area contributed by atoms with Crippen LogP contribution >= 0.6 is 0 Å². The third-order valence-corrected chi connectivity index (χ3v) is 2.44. The number of nitrogens with one attached hydrogen (secondary N) is 1. The van der Waals surface area contributed by atoms with Gasteiger partial charge in [0.15, 0.2) is 0 Å². The zero-order valence-corrected chi connectivity index (χ0v) is 8.71. The van der Waals surface area contributed by atoms with Crippen LogP contribution in [0.3, 0.4) is 0 Å². The summed E-state index contributed by atoms with van der Waals surface area (Å²) in [5.74, 6) is -0.218. The van der Waals surface area contributed by atoms with Gasteiger partial charge in [0, 0.05) is 6.42 Å². The first kappa shape index (κ1) is 11.0. The molecule has 1 saturated heterocycles. The van der Waals surface area contributed by atoms with Gasteiger partial charge in [0.2, 0.25) is 5.91 Å². The van der Waals surface area contributed by atoms with E-state index < -0.39 is 6.04 Å². The standard InChI is InChI=1S/C10H17NO3/c1-3-5-7-6-8(12)11-9(7)10(13)14-4-2/h7,9H,3-6H2,1-2H3,(H,11,12). The molecule has 2 unspecified atom stereocenters. The van der Waals surface area contributed by atoms with E-state index in [1.165, 1.54) is 0 Å². The van der Waals surface area contributed by atoms with E-state index in [-0.39, 0.29) is 17.8 Å². The van der Waals surface area contributed by atoms with E-state index in [0.717, 1.165) is 12.8 Å². The number of hydrogen-bond acceptors (Lipinski definition) is 3. The highest BCUT2D eigenvalue weighted by atomic mass is 16.5. The highest BCUT2D eigenvalue weighted by Crippen LogP contribution is 2.22. The van der Waals surface area contributed by atoms with Crippen LogP contribution in [0.25, 0.3) is 0 Å². The predicted octanol–water partition coefficient (Wildman–Crippen LogP) is 0.854. The topological polar surface area (TPSA) is 55.4 Å². The molecule has 14 heavy (non-hydrogen) atoms. The van der Waals surface area contributed by atoms with Crippen LogP contribution in [-0.2, 0) is 14.3 Å². The van der Waals surface area contributed by atoms with E-state index in [0.29, 0.717) is 13.0 Å². The maximum Gasteiger partial charge on any atom is 0.328 e. The number of hydrogen-bond donors (Lipinski definition) is 1. The van der Waals surface area contributed by atoms with E-state index in [1.807, 2.05) is 6.92 Å². The van der Waals surface area contributed by atoms with Crippen molar-refractivity contribution in [2.24, 2.45) is 5.92 Å². The SMILES string of the molecule is CCCC1CC(=O)NC1C(=O)OCC. The lowest BCUT2D eigenvalue weighted by atomic mass is 9.95. The van der Waals surface area contributed by atoms with Gasteiger partial charge >= 0.3 is 5.97 Å². The van der Waals surface area contributed by atoms with Gasteiger partial charge in [-0.2, -0.15) is 0 Å². The second-order valence-corrected chi connectivity index (χ2v) is 3.55. The molecule has 1 amide bonds. The van der Waals surface area contributed by atoms with Crippen molar-refractivity contribution in [1.29, 1.82) is 0 Å². The van der Waals surface area contributed by atoms with Crippen LogP contribution < -0.4 is 5.32 Å². The van der Waals surface area contributed by atoms with Crippen LogP contribution in [0.1, 0.15) is 33.1 Å². The van der Waals surface area contributed by atoms with Crippen molar-refractivity contribution in [1.82, 2.24) is 5.32 Å². The van der Waals surface area contributed by atoms with Gasteiger partial charge in [0.25, 0.3) is 0 Å². The Bertz CT molecular complexity index is 227. The summed E-state index contributed by atoms with van der Waals surface area (Å²) in [5.41, 5.74) is 0. The Kier molecular flexibility index (Phi) is 3.92. The van der Waals surface area contributed by atoms with Crippen LogP contribution in [0.5, 0.6) is 0 Å². The van der Waals surface area contributed by atoms with Crippen LogP contribution in [-0.4, -0.2) is 24.5 Å². The molecule has 1 aliphatic rings. The average molecular weight is 199 g/mol. The Morgan fingerprint density at radius 1 is 1.57 bits per heavy atom. The fraction of sp³-hybridized carbons (Fsp3) is 0.800. The molecule has 4 heteroatoms. The smallest absolute Gasteiger partial charge is 0.328 e. The van der Waals surface area contributed by atoms with E-state index in [1.54, 1.807) is 6.92 Å². The lowest BCUT2D eigenvalue weighted by molar-refractivity contribution is -0.147. The summed E-state index contributed by atoms with van der Waals surface area (Å²) in [6.45, 7) is 4.18. The van der Waals surface area contributed by atoms with Gasteiger partial charge in [-0.25, -0.2) is 4.79 Å². The molecule has 1 rings (SSSR count). The van der Waals surface area contributed by atoms with Crippen molar-refractivity contribution in [2.75, 3.05) is 6.61 Å². The van der Waals surface area contributed by atoms with Crippen molar-refractivity contribution in [3.63, 3.8) is 0 Å². The minimum absolute atomic E-state index is 0.0403. The summed E-state index contributed by atoms with van der Waals surface area (Å²) < 4.78 is 4.90. The normalized spacial score (nSPS) is 26.0. The highest BCUT2D eigenvalue weighted by Gasteiger charge is 2.37. The average Bonchev–Trinajstić information content (AvgIpc) is 2.48. The van der Waals surface area contributed by atoms with E-state index in [9.17, 15) is 9.59 Å². The predicted molar refractivity (Wildman–Crippen MR) is 51.6 cm³/mol. The minimum Gasteiger partial charge on any atom is -0.464 e. The Morgan fingerprint density at radius 3 is 2.86 bits per heavy atom. The van der Waals surface area contributed by atoms with E-state index >= 15 is 0 Å². The zero-order valence-electron chi connectivity index (χ0n) is 8.71. The number of rotatable bonds is 4. The van der Waals surface area contributed by atoms with Gasteiger partial charge < -0.3 is 10.1 Å². The van der Waals surface area contributed by atoms with Gasteiger partial charge in [0.1, 0.15) is 6.04 Å². The third-order valence-electron chi connectivity index (χ3n) is 2.44. The monoisotopic (exact) mass is 199 g/mol. The first-order valence-corrected chi connectivity index (χ1v) is 5.15. The van der Waals surface area contributed by atoms with Crippen LogP contribution in [0.2, 0.25) is 0 Å².